The number of amides is 2. The summed E-state index contributed by atoms with van der Waals surface area (Å²) in [7, 11) is 0. The number of hydrogen-bond donors (Lipinski definition) is 2. The summed E-state index contributed by atoms with van der Waals surface area (Å²) in [5, 5.41) is 13.7. The molecule has 1 aromatic rings. The van der Waals surface area contributed by atoms with Gasteiger partial charge in [-0.05, 0) is 85.5 Å². The molecule has 2 aliphatic heterocycles. The van der Waals surface area contributed by atoms with Crippen LogP contribution >= 0.6 is 11.6 Å². The van der Waals surface area contributed by atoms with Crippen molar-refractivity contribution in [3.8, 4) is 0 Å². The van der Waals surface area contributed by atoms with Crippen LogP contribution in [0.5, 0.6) is 0 Å². The van der Waals surface area contributed by atoms with Gasteiger partial charge in [0.15, 0.2) is 0 Å². The maximum atomic E-state index is 13.5. The number of carbonyl (C=O) groups excluding carboxylic acids is 1. The minimum Gasteiger partial charge on any atom is -0.481 e. The lowest BCUT2D eigenvalue weighted by Gasteiger charge is -2.49. The highest BCUT2D eigenvalue weighted by molar-refractivity contribution is 6.31. The molecule has 35 heavy (non-hydrogen) atoms. The highest BCUT2D eigenvalue weighted by atomic mass is 35.5. The molecule has 7 heteroatoms. The molecule has 0 spiro atoms. The minimum absolute atomic E-state index is 0.0413. The zero-order valence-corrected chi connectivity index (χ0v) is 21.9. The molecule has 6 atom stereocenters. The SMILES string of the molecule is C[C@@H]1CC2=CN([C@H]3CC(C(=O)O)C4CCC43)C(=O)NC2(c2ccc(CCC(C)(C)C)c(Cl)c2)CO1. The third kappa shape index (κ3) is 4.37. The Morgan fingerprint density at radius 1 is 1.29 bits per heavy atom. The topological polar surface area (TPSA) is 78.9 Å². The Labute approximate surface area is 213 Å². The molecule has 0 bridgehead atoms. The first-order chi connectivity index (χ1) is 16.5. The highest BCUT2D eigenvalue weighted by Crippen LogP contribution is 2.53. The normalized spacial score (nSPS) is 34.4. The van der Waals surface area contributed by atoms with Crippen LogP contribution in [0, 0.1) is 23.2 Å². The lowest BCUT2D eigenvalue weighted by Crippen LogP contribution is -2.62. The second-order valence-corrected chi connectivity index (χ2v) is 12.6. The molecular weight excluding hydrogens is 464 g/mol. The maximum Gasteiger partial charge on any atom is 0.322 e. The van der Waals surface area contributed by atoms with E-state index in [1.807, 2.05) is 19.2 Å². The summed E-state index contributed by atoms with van der Waals surface area (Å²) in [4.78, 5) is 27.1. The van der Waals surface area contributed by atoms with Crippen LogP contribution in [0.3, 0.4) is 0 Å². The number of aryl methyl sites for hydroxylation is 1. The van der Waals surface area contributed by atoms with E-state index in [2.05, 4.69) is 38.2 Å². The summed E-state index contributed by atoms with van der Waals surface area (Å²) in [6.45, 7) is 9.08. The van der Waals surface area contributed by atoms with Crippen molar-refractivity contribution in [3.05, 3.63) is 46.1 Å². The van der Waals surface area contributed by atoms with E-state index in [0.29, 0.717) is 24.5 Å². The van der Waals surface area contributed by atoms with Gasteiger partial charge in [0, 0.05) is 17.3 Å². The summed E-state index contributed by atoms with van der Waals surface area (Å²) < 4.78 is 6.08. The molecule has 3 fully saturated rings. The number of aliphatic carboxylic acids is 1. The first-order valence-corrected chi connectivity index (χ1v) is 13.3. The average Bonchev–Trinajstić information content (AvgIpc) is 3.01. The Morgan fingerprint density at radius 3 is 2.63 bits per heavy atom. The molecule has 1 aromatic carbocycles. The number of urea groups is 1. The predicted octanol–water partition coefficient (Wildman–Crippen LogP) is 5.73. The molecule has 0 aromatic heterocycles. The lowest BCUT2D eigenvalue weighted by atomic mass is 9.71. The Bertz CT molecular complexity index is 1060. The number of hydrogen-bond acceptors (Lipinski definition) is 3. The third-order valence-corrected chi connectivity index (χ3v) is 9.10. The standard InChI is InChI=1S/C28H37ClN2O4/c1-16-11-19-14-31(24-13-22(25(32)33)20-7-8-21(20)24)26(34)30-28(19,15-35-16)18-6-5-17(23(29)12-18)9-10-27(2,3)4/h5-6,12,14,16,20-22,24H,7-11,13,15H2,1-4H3,(H,30,34)(H,32,33)/t16-,20?,21?,22?,24+,28?/m1/s1. The van der Waals surface area contributed by atoms with Crippen LogP contribution in [0.4, 0.5) is 4.79 Å². The van der Waals surface area contributed by atoms with Gasteiger partial charge in [0.05, 0.1) is 18.6 Å². The largest absolute Gasteiger partial charge is 0.481 e. The number of carboxylic acid groups (broad SMARTS) is 1. The molecule has 4 aliphatic rings. The van der Waals surface area contributed by atoms with Gasteiger partial charge < -0.3 is 15.2 Å². The van der Waals surface area contributed by atoms with E-state index in [-0.39, 0.29) is 41.3 Å². The van der Waals surface area contributed by atoms with Gasteiger partial charge in [0.25, 0.3) is 0 Å². The van der Waals surface area contributed by atoms with Crippen LogP contribution in [0.2, 0.25) is 5.02 Å². The zero-order chi connectivity index (χ0) is 25.1. The molecule has 5 rings (SSSR count). The van der Waals surface area contributed by atoms with Gasteiger partial charge in [-0.1, -0.05) is 44.5 Å². The molecule has 2 aliphatic carbocycles. The summed E-state index contributed by atoms with van der Waals surface area (Å²) in [5.41, 5.74) is 2.62. The Hall–Kier alpha value is -2.05. The Kier molecular flexibility index (Phi) is 6.20. The van der Waals surface area contributed by atoms with Crippen molar-refractivity contribution in [3.63, 3.8) is 0 Å². The lowest BCUT2D eigenvalue weighted by molar-refractivity contribution is -0.144. The van der Waals surface area contributed by atoms with E-state index >= 15 is 0 Å². The molecule has 1 saturated heterocycles. The van der Waals surface area contributed by atoms with Crippen molar-refractivity contribution in [2.75, 3.05) is 6.61 Å². The predicted molar refractivity (Wildman–Crippen MR) is 135 cm³/mol. The third-order valence-electron chi connectivity index (χ3n) is 8.74. The van der Waals surface area contributed by atoms with Gasteiger partial charge in [-0.15, -0.1) is 0 Å². The first kappa shape index (κ1) is 24.6. The number of carboxylic acids is 1. The fraction of sp³-hybridized carbons (Fsp3) is 0.643. The molecule has 2 amide bonds. The van der Waals surface area contributed by atoms with Crippen LogP contribution < -0.4 is 5.32 Å². The number of rotatable bonds is 5. The van der Waals surface area contributed by atoms with Gasteiger partial charge in [-0.2, -0.15) is 0 Å². The van der Waals surface area contributed by atoms with E-state index in [1.54, 1.807) is 4.90 Å². The highest BCUT2D eigenvalue weighted by Gasteiger charge is 2.56. The number of ether oxygens (including phenoxy) is 1. The average molecular weight is 501 g/mol. The Morgan fingerprint density at radius 2 is 2.03 bits per heavy atom. The van der Waals surface area contributed by atoms with E-state index in [1.165, 1.54) is 0 Å². The van der Waals surface area contributed by atoms with Gasteiger partial charge in [0.1, 0.15) is 5.54 Å². The Balaban J connectivity index is 1.46. The number of nitrogens with one attached hydrogen (secondary N) is 1. The van der Waals surface area contributed by atoms with Crippen LogP contribution in [0.15, 0.2) is 30.0 Å². The number of halogens is 1. The van der Waals surface area contributed by atoms with E-state index in [9.17, 15) is 14.7 Å². The number of fused-ring (bicyclic) bond motifs is 2. The molecule has 0 radical (unpaired) electrons. The van der Waals surface area contributed by atoms with Gasteiger partial charge in [0.2, 0.25) is 0 Å². The number of benzene rings is 1. The van der Waals surface area contributed by atoms with E-state index < -0.39 is 11.5 Å². The van der Waals surface area contributed by atoms with Gasteiger partial charge >= 0.3 is 12.0 Å². The quantitative estimate of drug-likeness (QED) is 0.541. The minimum atomic E-state index is -0.754. The van der Waals surface area contributed by atoms with Gasteiger partial charge in [-0.3, -0.25) is 9.69 Å². The molecule has 2 saturated carbocycles. The fourth-order valence-electron chi connectivity index (χ4n) is 6.51. The second-order valence-electron chi connectivity index (χ2n) is 12.2. The first-order valence-electron chi connectivity index (χ1n) is 12.9. The number of nitrogens with zero attached hydrogens (tertiary/aromatic N) is 1. The molecule has 2 N–H and O–H groups in total. The second kappa shape index (κ2) is 8.81. The van der Waals surface area contributed by atoms with Crippen molar-refractivity contribution in [2.24, 2.45) is 23.2 Å². The van der Waals surface area contributed by atoms with Gasteiger partial charge in [-0.25, -0.2) is 4.79 Å². The monoisotopic (exact) mass is 500 g/mol. The van der Waals surface area contributed by atoms with Crippen molar-refractivity contribution < 1.29 is 19.4 Å². The summed E-state index contributed by atoms with van der Waals surface area (Å²) >= 11 is 6.75. The van der Waals surface area contributed by atoms with Crippen molar-refractivity contribution in [1.82, 2.24) is 10.2 Å². The summed E-state index contributed by atoms with van der Waals surface area (Å²) in [5.74, 6) is -0.643. The van der Waals surface area contributed by atoms with Crippen LogP contribution in [0.1, 0.15) is 70.9 Å². The van der Waals surface area contributed by atoms with Crippen molar-refractivity contribution in [1.29, 1.82) is 0 Å². The van der Waals surface area contributed by atoms with E-state index in [4.69, 9.17) is 16.3 Å². The van der Waals surface area contributed by atoms with E-state index in [0.717, 1.165) is 42.4 Å². The van der Waals surface area contributed by atoms with Crippen molar-refractivity contribution >= 4 is 23.6 Å². The number of carbonyl (C=O) groups is 2. The molecule has 2 heterocycles. The molecule has 6 nitrogen and oxygen atoms in total. The molecular formula is C28H37ClN2O4. The van der Waals surface area contributed by atoms with Crippen LogP contribution in [-0.2, 0) is 21.5 Å². The van der Waals surface area contributed by atoms with Crippen molar-refractivity contribution in [2.45, 2.75) is 83.9 Å². The zero-order valence-electron chi connectivity index (χ0n) is 21.1. The van der Waals surface area contributed by atoms with Crippen LogP contribution in [-0.4, -0.2) is 40.8 Å². The summed E-state index contributed by atoms with van der Waals surface area (Å²) in [6, 6.07) is 5.90. The van der Waals surface area contributed by atoms with Crippen LogP contribution in [0.25, 0.3) is 0 Å². The smallest absolute Gasteiger partial charge is 0.322 e. The fourth-order valence-corrected chi connectivity index (χ4v) is 6.79. The maximum absolute atomic E-state index is 13.5. The summed E-state index contributed by atoms with van der Waals surface area (Å²) in [6.07, 6.45) is 7.14. The molecule has 190 valence electrons. The molecule has 4 unspecified atom stereocenters.